The Bertz CT molecular complexity index is 544. The van der Waals surface area contributed by atoms with Crippen LogP contribution in [0.1, 0.15) is 5.56 Å². The maximum atomic E-state index is 9.61. The fourth-order valence-corrected chi connectivity index (χ4v) is 1.74. The number of nitrogens with zero attached hydrogens (tertiary/aromatic N) is 4. The molecule has 0 saturated heterocycles. The normalized spacial score (nSPS) is 12.9. The third kappa shape index (κ3) is 2.53. The Morgan fingerprint density at radius 1 is 1.61 bits per heavy atom. The summed E-state index contributed by atoms with van der Waals surface area (Å²) in [6, 6.07) is 0. The average Bonchev–Trinajstić information content (AvgIpc) is 2.77. The zero-order valence-electron chi connectivity index (χ0n) is 10.1. The first-order chi connectivity index (χ1) is 8.63. The van der Waals surface area contributed by atoms with Gasteiger partial charge in [0.05, 0.1) is 12.7 Å². The lowest BCUT2D eigenvalue weighted by Gasteiger charge is -2.14. The van der Waals surface area contributed by atoms with Crippen LogP contribution in [-0.4, -0.2) is 51.1 Å². The van der Waals surface area contributed by atoms with Crippen molar-refractivity contribution in [3.05, 3.63) is 17.0 Å². The summed E-state index contributed by atoms with van der Waals surface area (Å²) in [6.45, 7) is 2.40. The SMILES string of the molecule is COCC(O)CNc1c(C)c(Cl)nc2ncnn12. The van der Waals surface area contributed by atoms with Crippen LogP contribution in [0.3, 0.4) is 0 Å². The molecule has 0 saturated carbocycles. The molecule has 1 atom stereocenters. The van der Waals surface area contributed by atoms with Crippen molar-refractivity contribution in [2.24, 2.45) is 0 Å². The molecule has 2 heterocycles. The molecule has 2 N–H and O–H groups in total. The first-order valence-corrected chi connectivity index (χ1v) is 5.78. The van der Waals surface area contributed by atoms with Gasteiger partial charge < -0.3 is 15.2 Å². The van der Waals surface area contributed by atoms with Crippen LogP contribution < -0.4 is 5.32 Å². The van der Waals surface area contributed by atoms with Gasteiger partial charge in [-0.1, -0.05) is 11.6 Å². The summed E-state index contributed by atoms with van der Waals surface area (Å²) in [7, 11) is 1.54. The molecule has 0 radical (unpaired) electrons. The number of hydrogen-bond donors (Lipinski definition) is 2. The van der Waals surface area contributed by atoms with E-state index in [1.54, 1.807) is 4.52 Å². The largest absolute Gasteiger partial charge is 0.389 e. The molecule has 0 amide bonds. The van der Waals surface area contributed by atoms with Gasteiger partial charge in [0.15, 0.2) is 0 Å². The molecule has 0 aromatic carbocycles. The predicted molar refractivity (Wildman–Crippen MR) is 66.9 cm³/mol. The molecule has 0 aliphatic rings. The van der Waals surface area contributed by atoms with Gasteiger partial charge in [-0.05, 0) is 6.92 Å². The minimum atomic E-state index is -0.611. The quantitative estimate of drug-likeness (QED) is 0.771. The second kappa shape index (κ2) is 5.47. The second-order valence-corrected chi connectivity index (χ2v) is 4.20. The van der Waals surface area contributed by atoms with Crippen molar-refractivity contribution in [2.75, 3.05) is 25.6 Å². The van der Waals surface area contributed by atoms with Crippen LogP contribution in [0.25, 0.3) is 5.78 Å². The molecule has 2 aromatic heterocycles. The zero-order valence-corrected chi connectivity index (χ0v) is 10.8. The molecule has 0 aliphatic carbocycles. The second-order valence-electron chi connectivity index (χ2n) is 3.84. The summed E-state index contributed by atoms with van der Waals surface area (Å²) in [5.41, 5.74) is 0.749. The Labute approximate surface area is 109 Å². The highest BCUT2D eigenvalue weighted by Crippen LogP contribution is 2.21. The molecule has 18 heavy (non-hydrogen) atoms. The molecule has 0 bridgehead atoms. The van der Waals surface area contributed by atoms with Crippen molar-refractivity contribution in [2.45, 2.75) is 13.0 Å². The fourth-order valence-electron chi connectivity index (χ4n) is 1.57. The van der Waals surface area contributed by atoms with E-state index in [9.17, 15) is 5.11 Å². The molecule has 0 fully saturated rings. The molecule has 2 rings (SSSR count). The van der Waals surface area contributed by atoms with Crippen LogP contribution in [0.15, 0.2) is 6.33 Å². The Kier molecular flexibility index (Phi) is 3.95. The molecular formula is C10H14ClN5O2. The van der Waals surface area contributed by atoms with Gasteiger partial charge >= 0.3 is 0 Å². The minimum absolute atomic E-state index is 0.255. The minimum Gasteiger partial charge on any atom is -0.389 e. The molecule has 8 heteroatoms. The van der Waals surface area contributed by atoms with Crippen molar-refractivity contribution < 1.29 is 9.84 Å². The van der Waals surface area contributed by atoms with Gasteiger partial charge in [-0.2, -0.15) is 19.6 Å². The van der Waals surface area contributed by atoms with Gasteiger partial charge in [-0.3, -0.25) is 0 Å². The molecular weight excluding hydrogens is 258 g/mol. The Morgan fingerprint density at radius 3 is 3.11 bits per heavy atom. The standard InChI is InChI=1S/C10H14ClN5O2/c1-6-8(11)15-10-13-5-14-16(10)9(6)12-3-7(17)4-18-2/h5,7,12,17H,3-4H2,1-2H3. The van der Waals surface area contributed by atoms with Crippen molar-refractivity contribution in [3.63, 3.8) is 0 Å². The number of aromatic nitrogens is 4. The van der Waals surface area contributed by atoms with E-state index in [2.05, 4.69) is 20.4 Å². The zero-order chi connectivity index (χ0) is 13.1. The number of halogens is 1. The van der Waals surface area contributed by atoms with E-state index >= 15 is 0 Å². The van der Waals surface area contributed by atoms with E-state index in [4.69, 9.17) is 16.3 Å². The number of ether oxygens (including phenoxy) is 1. The third-order valence-electron chi connectivity index (χ3n) is 2.47. The molecule has 1 unspecified atom stereocenters. The van der Waals surface area contributed by atoms with E-state index in [1.165, 1.54) is 13.4 Å². The summed E-state index contributed by atoms with van der Waals surface area (Å²) in [6.07, 6.45) is 0.786. The van der Waals surface area contributed by atoms with Crippen molar-refractivity contribution in [1.82, 2.24) is 19.6 Å². The maximum Gasteiger partial charge on any atom is 0.255 e. The van der Waals surface area contributed by atoms with Gasteiger partial charge in [0.1, 0.15) is 17.3 Å². The monoisotopic (exact) mass is 271 g/mol. The topological polar surface area (TPSA) is 84.6 Å². The van der Waals surface area contributed by atoms with Gasteiger partial charge in [0.25, 0.3) is 5.78 Å². The lowest BCUT2D eigenvalue weighted by molar-refractivity contribution is 0.0727. The van der Waals surface area contributed by atoms with Crippen LogP contribution in [0.5, 0.6) is 0 Å². The van der Waals surface area contributed by atoms with Crippen LogP contribution in [0.4, 0.5) is 5.82 Å². The van der Waals surface area contributed by atoms with Gasteiger partial charge in [-0.15, -0.1) is 0 Å². The lowest BCUT2D eigenvalue weighted by Crippen LogP contribution is -2.25. The third-order valence-corrected chi connectivity index (χ3v) is 2.84. The van der Waals surface area contributed by atoms with Gasteiger partial charge in [0.2, 0.25) is 0 Å². The number of hydrogen-bond acceptors (Lipinski definition) is 6. The van der Waals surface area contributed by atoms with Crippen LogP contribution >= 0.6 is 11.6 Å². The molecule has 0 aliphatic heterocycles. The molecule has 0 spiro atoms. The number of fused-ring (bicyclic) bond motifs is 1. The highest BCUT2D eigenvalue weighted by atomic mass is 35.5. The first-order valence-electron chi connectivity index (χ1n) is 5.40. The van der Waals surface area contributed by atoms with E-state index in [1.807, 2.05) is 6.92 Å². The van der Waals surface area contributed by atoms with Crippen LogP contribution in [-0.2, 0) is 4.74 Å². The van der Waals surface area contributed by atoms with E-state index in [-0.39, 0.29) is 6.61 Å². The molecule has 98 valence electrons. The van der Waals surface area contributed by atoms with Crippen LogP contribution in [0, 0.1) is 6.92 Å². The predicted octanol–water partition coefficient (Wildman–Crippen LogP) is 0.505. The smallest absolute Gasteiger partial charge is 0.255 e. The first kappa shape index (κ1) is 13.0. The van der Waals surface area contributed by atoms with Gasteiger partial charge in [-0.25, -0.2) is 0 Å². The number of nitrogens with one attached hydrogen (secondary N) is 1. The number of aliphatic hydroxyl groups is 1. The molecule has 7 nitrogen and oxygen atoms in total. The number of anilines is 1. The Hall–Kier alpha value is -1.44. The Balaban J connectivity index is 2.26. The average molecular weight is 272 g/mol. The van der Waals surface area contributed by atoms with Gasteiger partial charge in [0, 0.05) is 19.2 Å². The maximum absolute atomic E-state index is 9.61. The summed E-state index contributed by atoms with van der Waals surface area (Å²) < 4.78 is 6.40. The lowest BCUT2D eigenvalue weighted by atomic mass is 10.3. The summed E-state index contributed by atoms with van der Waals surface area (Å²) in [5.74, 6) is 1.08. The summed E-state index contributed by atoms with van der Waals surface area (Å²) in [4.78, 5) is 8.06. The van der Waals surface area contributed by atoms with E-state index < -0.39 is 6.10 Å². The summed E-state index contributed by atoms with van der Waals surface area (Å²) in [5, 5.41) is 17.1. The van der Waals surface area contributed by atoms with Crippen LogP contribution in [0.2, 0.25) is 5.15 Å². The molecule has 2 aromatic rings. The van der Waals surface area contributed by atoms with E-state index in [0.29, 0.717) is 23.3 Å². The number of aliphatic hydroxyl groups excluding tert-OH is 1. The number of methoxy groups -OCH3 is 1. The Morgan fingerprint density at radius 2 is 2.39 bits per heavy atom. The highest BCUT2D eigenvalue weighted by molar-refractivity contribution is 6.30. The fraction of sp³-hybridized carbons (Fsp3) is 0.500. The van der Waals surface area contributed by atoms with E-state index in [0.717, 1.165) is 5.56 Å². The van der Waals surface area contributed by atoms with Crippen molar-refractivity contribution in [3.8, 4) is 0 Å². The number of rotatable bonds is 5. The highest BCUT2D eigenvalue weighted by Gasteiger charge is 2.13. The van der Waals surface area contributed by atoms with Crippen molar-refractivity contribution in [1.29, 1.82) is 0 Å². The summed E-state index contributed by atoms with van der Waals surface area (Å²) >= 11 is 6.01. The van der Waals surface area contributed by atoms with Crippen molar-refractivity contribution >= 4 is 23.2 Å².